The lowest BCUT2D eigenvalue weighted by atomic mass is 10.00. The Labute approximate surface area is 135 Å². The number of rotatable bonds is 4. The maximum atomic E-state index is 12.7. The minimum absolute atomic E-state index is 0.393. The SMILES string of the molecule is COc1cc(-c2cc(Cl)ccc2-c2cnn(C(F)F)c2)ncn1. The second-order valence-corrected chi connectivity index (χ2v) is 5.06. The maximum absolute atomic E-state index is 12.7. The van der Waals surface area contributed by atoms with Crippen molar-refractivity contribution in [1.82, 2.24) is 19.7 Å². The average molecular weight is 337 g/mol. The summed E-state index contributed by atoms with van der Waals surface area (Å²) >= 11 is 6.07. The summed E-state index contributed by atoms with van der Waals surface area (Å²) in [6.07, 6.45) is 4.01. The Balaban J connectivity index is 2.14. The molecule has 0 amide bonds. The van der Waals surface area contributed by atoms with Crippen LogP contribution >= 0.6 is 11.6 Å². The molecule has 0 atom stereocenters. The zero-order valence-corrected chi connectivity index (χ0v) is 12.7. The smallest absolute Gasteiger partial charge is 0.333 e. The minimum Gasteiger partial charge on any atom is -0.481 e. The molecule has 23 heavy (non-hydrogen) atoms. The number of alkyl halides is 2. The van der Waals surface area contributed by atoms with Gasteiger partial charge in [0.05, 0.1) is 19.0 Å². The Bertz CT molecular complexity index is 838. The van der Waals surface area contributed by atoms with Crippen LogP contribution in [0.5, 0.6) is 5.88 Å². The van der Waals surface area contributed by atoms with E-state index in [1.54, 1.807) is 24.3 Å². The van der Waals surface area contributed by atoms with Crippen molar-refractivity contribution in [2.45, 2.75) is 6.55 Å². The monoisotopic (exact) mass is 336 g/mol. The highest BCUT2D eigenvalue weighted by Gasteiger charge is 2.14. The van der Waals surface area contributed by atoms with Crippen LogP contribution in [0.25, 0.3) is 22.4 Å². The summed E-state index contributed by atoms with van der Waals surface area (Å²) < 4.78 is 31.1. The van der Waals surface area contributed by atoms with E-state index in [-0.39, 0.29) is 0 Å². The first-order valence-corrected chi connectivity index (χ1v) is 6.95. The summed E-state index contributed by atoms with van der Waals surface area (Å²) in [4.78, 5) is 8.16. The van der Waals surface area contributed by atoms with Crippen LogP contribution in [0.15, 0.2) is 43.0 Å². The summed E-state index contributed by atoms with van der Waals surface area (Å²) in [5.41, 5.74) is 2.46. The standard InChI is InChI=1S/C15H11ClF2N4O/c1-23-14-5-13(19-8-20-14)12-4-10(16)2-3-11(12)9-6-21-22(7-9)15(17)18/h2-8,15H,1H3. The summed E-state index contributed by atoms with van der Waals surface area (Å²) in [7, 11) is 1.50. The second-order valence-electron chi connectivity index (χ2n) is 4.62. The second kappa shape index (κ2) is 6.29. The van der Waals surface area contributed by atoms with Gasteiger partial charge in [0.25, 0.3) is 0 Å². The maximum Gasteiger partial charge on any atom is 0.333 e. The van der Waals surface area contributed by atoms with Crippen LogP contribution in [0.1, 0.15) is 6.55 Å². The lowest BCUT2D eigenvalue weighted by molar-refractivity contribution is 0.0566. The van der Waals surface area contributed by atoms with Crippen LogP contribution in [-0.2, 0) is 0 Å². The highest BCUT2D eigenvalue weighted by Crippen LogP contribution is 2.34. The van der Waals surface area contributed by atoms with E-state index in [0.29, 0.717) is 38.0 Å². The van der Waals surface area contributed by atoms with Crippen molar-refractivity contribution >= 4 is 11.6 Å². The van der Waals surface area contributed by atoms with Crippen LogP contribution in [0.4, 0.5) is 8.78 Å². The molecule has 0 spiro atoms. The van der Waals surface area contributed by atoms with Crippen molar-refractivity contribution in [3.8, 4) is 28.3 Å². The molecule has 0 aliphatic heterocycles. The molecule has 5 nitrogen and oxygen atoms in total. The van der Waals surface area contributed by atoms with Gasteiger partial charge >= 0.3 is 6.55 Å². The fraction of sp³-hybridized carbons (Fsp3) is 0.133. The molecule has 0 N–H and O–H groups in total. The topological polar surface area (TPSA) is 52.8 Å². The van der Waals surface area contributed by atoms with Crippen LogP contribution in [-0.4, -0.2) is 26.9 Å². The zero-order valence-electron chi connectivity index (χ0n) is 11.9. The summed E-state index contributed by atoms with van der Waals surface area (Å²) in [6.45, 7) is -2.70. The predicted octanol–water partition coefficient (Wildman–Crippen LogP) is 4.06. The van der Waals surface area contributed by atoms with Crippen LogP contribution in [0.3, 0.4) is 0 Å². The fourth-order valence-electron chi connectivity index (χ4n) is 2.16. The molecule has 118 valence electrons. The first kappa shape index (κ1) is 15.4. The summed E-state index contributed by atoms with van der Waals surface area (Å²) in [6, 6.07) is 6.77. The van der Waals surface area contributed by atoms with Gasteiger partial charge in [0.15, 0.2) is 0 Å². The predicted molar refractivity (Wildman–Crippen MR) is 81.5 cm³/mol. The van der Waals surface area contributed by atoms with Crippen molar-refractivity contribution in [2.24, 2.45) is 0 Å². The Hall–Kier alpha value is -2.54. The van der Waals surface area contributed by atoms with Crippen molar-refractivity contribution in [3.63, 3.8) is 0 Å². The zero-order chi connectivity index (χ0) is 16.4. The molecule has 0 radical (unpaired) electrons. The van der Waals surface area contributed by atoms with E-state index in [9.17, 15) is 8.78 Å². The number of benzene rings is 1. The van der Waals surface area contributed by atoms with Crippen molar-refractivity contribution in [3.05, 3.63) is 48.0 Å². The van der Waals surface area contributed by atoms with E-state index in [2.05, 4.69) is 15.1 Å². The van der Waals surface area contributed by atoms with Crippen LogP contribution < -0.4 is 4.74 Å². The molecule has 0 aliphatic carbocycles. The molecule has 8 heteroatoms. The molecular formula is C15H11ClF2N4O. The molecule has 2 heterocycles. The number of hydrogen-bond donors (Lipinski definition) is 0. The van der Waals surface area contributed by atoms with Gasteiger partial charge in [0.1, 0.15) is 6.33 Å². The number of methoxy groups -OCH3 is 1. The van der Waals surface area contributed by atoms with Gasteiger partial charge in [-0.1, -0.05) is 17.7 Å². The third kappa shape index (κ3) is 3.14. The first-order chi connectivity index (χ1) is 11.1. The molecule has 2 aromatic heterocycles. The van der Waals surface area contributed by atoms with Gasteiger partial charge in [0.2, 0.25) is 5.88 Å². The van der Waals surface area contributed by atoms with E-state index in [1.807, 2.05) is 0 Å². The van der Waals surface area contributed by atoms with Crippen LogP contribution in [0.2, 0.25) is 5.02 Å². The quantitative estimate of drug-likeness (QED) is 0.721. The Morgan fingerprint density at radius 2 is 2.00 bits per heavy atom. The third-order valence-corrected chi connectivity index (χ3v) is 3.46. The molecule has 0 unspecified atom stereocenters. The first-order valence-electron chi connectivity index (χ1n) is 6.57. The van der Waals surface area contributed by atoms with E-state index in [0.717, 1.165) is 0 Å². The molecule has 0 bridgehead atoms. The normalized spacial score (nSPS) is 11.0. The Morgan fingerprint density at radius 3 is 2.70 bits per heavy atom. The lowest BCUT2D eigenvalue weighted by Gasteiger charge is -2.09. The number of ether oxygens (including phenoxy) is 1. The van der Waals surface area contributed by atoms with Gasteiger partial charge in [-0.25, -0.2) is 14.6 Å². The van der Waals surface area contributed by atoms with E-state index >= 15 is 0 Å². The molecular weight excluding hydrogens is 326 g/mol. The van der Waals surface area contributed by atoms with Crippen molar-refractivity contribution < 1.29 is 13.5 Å². The highest BCUT2D eigenvalue weighted by molar-refractivity contribution is 6.31. The number of hydrogen-bond acceptors (Lipinski definition) is 4. The molecule has 0 saturated heterocycles. The van der Waals surface area contributed by atoms with Gasteiger partial charge in [-0.05, 0) is 17.7 Å². The summed E-state index contributed by atoms with van der Waals surface area (Å²) in [5, 5.41) is 4.16. The Kier molecular flexibility index (Phi) is 4.20. The molecule has 3 rings (SSSR count). The molecule has 0 saturated carbocycles. The lowest BCUT2D eigenvalue weighted by Crippen LogP contribution is -1.97. The molecule has 0 aliphatic rings. The molecule has 1 aromatic carbocycles. The van der Waals surface area contributed by atoms with Gasteiger partial charge in [-0.15, -0.1) is 0 Å². The molecule has 3 aromatic rings. The largest absolute Gasteiger partial charge is 0.481 e. The number of nitrogens with zero attached hydrogens (tertiary/aromatic N) is 4. The van der Waals surface area contributed by atoms with Gasteiger partial charge < -0.3 is 4.74 Å². The Morgan fingerprint density at radius 1 is 1.17 bits per heavy atom. The van der Waals surface area contributed by atoms with Crippen LogP contribution in [0, 0.1) is 0 Å². The van der Waals surface area contributed by atoms with E-state index in [1.165, 1.54) is 25.8 Å². The fourth-order valence-corrected chi connectivity index (χ4v) is 2.33. The van der Waals surface area contributed by atoms with Gasteiger partial charge in [-0.3, -0.25) is 0 Å². The highest BCUT2D eigenvalue weighted by atomic mass is 35.5. The molecule has 0 fully saturated rings. The van der Waals surface area contributed by atoms with Gasteiger partial charge in [-0.2, -0.15) is 13.9 Å². The minimum atomic E-state index is -2.70. The third-order valence-electron chi connectivity index (χ3n) is 3.22. The number of aromatic nitrogens is 4. The van der Waals surface area contributed by atoms with E-state index in [4.69, 9.17) is 16.3 Å². The average Bonchev–Trinajstić information content (AvgIpc) is 3.05. The summed E-state index contributed by atoms with van der Waals surface area (Å²) in [5.74, 6) is 0.393. The van der Waals surface area contributed by atoms with Gasteiger partial charge in [0, 0.05) is 28.4 Å². The van der Waals surface area contributed by atoms with E-state index < -0.39 is 6.55 Å². The van der Waals surface area contributed by atoms with Crippen molar-refractivity contribution in [2.75, 3.05) is 7.11 Å². The van der Waals surface area contributed by atoms with Crippen molar-refractivity contribution in [1.29, 1.82) is 0 Å². The number of halogens is 3.